The van der Waals surface area contributed by atoms with E-state index in [0.29, 0.717) is 12.2 Å². The molecule has 0 N–H and O–H groups in total. The Labute approximate surface area is 342 Å². The zero-order valence-corrected chi connectivity index (χ0v) is 39.4. The maximum Gasteiger partial charge on any atom is 0.203 e. The lowest BCUT2D eigenvalue weighted by atomic mass is 9.88. The Morgan fingerprint density at radius 2 is 1.43 bits per heavy atom. The van der Waals surface area contributed by atoms with Crippen molar-refractivity contribution in [3.05, 3.63) is 41.5 Å². The van der Waals surface area contributed by atoms with Gasteiger partial charge in [-0.1, -0.05) is 86.3 Å². The summed E-state index contributed by atoms with van der Waals surface area (Å²) in [5.41, 5.74) is -0.933. The molecule has 0 bridgehead atoms. The van der Waals surface area contributed by atoms with Crippen molar-refractivity contribution >= 4 is 31.2 Å². The lowest BCUT2D eigenvalue weighted by molar-refractivity contribution is -0.177. The first-order valence-electron chi connectivity index (χ1n) is 21.7. The average Bonchev–Trinajstić information content (AvgIpc) is 3.97. The molecule has 3 aliphatic rings. The number of ether oxygens (including phenoxy) is 4. The van der Waals surface area contributed by atoms with Gasteiger partial charge in [-0.05, 0) is 91.0 Å². The molecule has 0 unspecified atom stereocenters. The molecule has 312 valence electrons. The van der Waals surface area contributed by atoms with Gasteiger partial charge in [-0.3, -0.25) is 4.79 Å². The minimum Gasteiger partial charge on any atom is -0.497 e. The molecule has 2 aliphatic carbocycles. The highest BCUT2D eigenvalue weighted by molar-refractivity contribution is 6.74. The van der Waals surface area contributed by atoms with E-state index in [1.807, 2.05) is 24.3 Å². The first-order valence-corrected chi connectivity index (χ1v) is 29.3. The van der Waals surface area contributed by atoms with E-state index in [2.05, 4.69) is 86.2 Å². The van der Waals surface area contributed by atoms with E-state index in [0.717, 1.165) is 97.7 Å². The summed E-state index contributed by atoms with van der Waals surface area (Å²) in [7, 11) is -5.31. The Bertz CT molecular complexity index is 1520. The molecule has 0 aromatic heterocycles. The first-order chi connectivity index (χ1) is 26.9. The third-order valence-corrected chi connectivity index (χ3v) is 27.7. The molecule has 1 aliphatic heterocycles. The van der Waals surface area contributed by atoms with Gasteiger partial charge in [0.15, 0.2) is 37.0 Å². The van der Waals surface area contributed by atoms with Crippen molar-refractivity contribution in [1.29, 1.82) is 0 Å². The number of carbonyl (C=O) groups is 1. The lowest BCUT2D eigenvalue weighted by Gasteiger charge is -2.45. The summed E-state index contributed by atoms with van der Waals surface area (Å²) in [5, 5.41) is 0. The summed E-state index contributed by atoms with van der Waals surface area (Å²) >= 11 is 0. The maximum absolute atomic E-state index is 13.8. The molecule has 1 aromatic carbocycles. The standard InChI is InChI=1S/C45H72O8Si3/c1-12-29-45(53-56(19-8,20-9)21-10)38(33-40(51-54(13-2,14-3)15-4)42(45)48-34-37-24-26-39(47-11)27-25-37)28-32-43(36-46,52-55(16-5,17-6)18-7)41-35-49-44(50-41)30-22-23-31-44/h1,24-27,33,36,40-42H,13-23,29-31,34-35H2,2-11H3/t40-,41-,42+,43+,45-/m1/s1. The highest BCUT2D eigenvalue weighted by atomic mass is 28.4. The number of rotatable bonds is 22. The summed E-state index contributed by atoms with van der Waals surface area (Å²) in [6, 6.07) is 16.2. The van der Waals surface area contributed by atoms with Crippen LogP contribution in [0.25, 0.3) is 0 Å². The van der Waals surface area contributed by atoms with Gasteiger partial charge in [0.05, 0.1) is 26.4 Å². The van der Waals surface area contributed by atoms with Gasteiger partial charge in [0.25, 0.3) is 0 Å². The number of benzene rings is 1. The highest BCUT2D eigenvalue weighted by Gasteiger charge is 2.58. The van der Waals surface area contributed by atoms with Crippen LogP contribution in [0, 0.1) is 24.2 Å². The molecule has 0 amide bonds. The molecule has 1 saturated heterocycles. The van der Waals surface area contributed by atoms with Crippen molar-refractivity contribution in [3.63, 3.8) is 0 Å². The van der Waals surface area contributed by atoms with Gasteiger partial charge in [-0.2, -0.15) is 0 Å². The highest BCUT2D eigenvalue weighted by Crippen LogP contribution is 2.47. The van der Waals surface area contributed by atoms with Gasteiger partial charge in [0.2, 0.25) is 5.60 Å². The fourth-order valence-corrected chi connectivity index (χ4v) is 17.7. The van der Waals surface area contributed by atoms with Crippen LogP contribution in [-0.2, 0) is 38.9 Å². The van der Waals surface area contributed by atoms with Crippen LogP contribution >= 0.6 is 0 Å². The van der Waals surface area contributed by atoms with E-state index in [1.165, 1.54) is 0 Å². The van der Waals surface area contributed by atoms with Crippen molar-refractivity contribution in [1.82, 2.24) is 0 Å². The molecule has 4 rings (SSSR count). The van der Waals surface area contributed by atoms with Gasteiger partial charge >= 0.3 is 0 Å². The predicted octanol–water partition coefficient (Wildman–Crippen LogP) is 10.3. The van der Waals surface area contributed by atoms with Crippen LogP contribution in [0.1, 0.15) is 100.0 Å². The molecule has 1 aromatic rings. The second-order valence-electron chi connectivity index (χ2n) is 16.1. The molecule has 8 nitrogen and oxygen atoms in total. The largest absolute Gasteiger partial charge is 0.497 e. The van der Waals surface area contributed by atoms with Crippen molar-refractivity contribution in [2.75, 3.05) is 13.7 Å². The maximum atomic E-state index is 13.8. The zero-order valence-electron chi connectivity index (χ0n) is 36.4. The van der Waals surface area contributed by atoms with Crippen LogP contribution in [0.5, 0.6) is 5.75 Å². The van der Waals surface area contributed by atoms with Gasteiger partial charge in [-0.25, -0.2) is 0 Å². The predicted molar refractivity (Wildman–Crippen MR) is 233 cm³/mol. The summed E-state index contributed by atoms with van der Waals surface area (Å²) in [4.78, 5) is 13.8. The molecule has 11 heteroatoms. The molecule has 1 heterocycles. The number of terminal acetylenes is 1. The smallest absolute Gasteiger partial charge is 0.203 e. The number of hydrogen-bond acceptors (Lipinski definition) is 8. The minimum atomic E-state index is -2.40. The van der Waals surface area contributed by atoms with Crippen LogP contribution in [0.15, 0.2) is 35.9 Å². The first kappa shape index (κ1) is 46.6. The van der Waals surface area contributed by atoms with E-state index in [4.69, 9.17) is 38.6 Å². The quantitative estimate of drug-likeness (QED) is 0.0650. The fraction of sp³-hybridized carbons (Fsp3) is 0.711. The van der Waals surface area contributed by atoms with Gasteiger partial charge < -0.3 is 32.2 Å². The lowest BCUT2D eigenvalue weighted by Crippen LogP contribution is -2.57. The monoisotopic (exact) mass is 824 g/mol. The van der Waals surface area contributed by atoms with Gasteiger partial charge in [0, 0.05) is 24.8 Å². The van der Waals surface area contributed by atoms with Crippen molar-refractivity contribution in [2.45, 2.75) is 191 Å². The van der Waals surface area contributed by atoms with E-state index < -0.39 is 60.3 Å². The number of carbonyl (C=O) groups excluding carboxylic acids is 1. The van der Waals surface area contributed by atoms with E-state index >= 15 is 0 Å². The normalized spacial score (nSPS) is 24.7. The summed E-state index contributed by atoms with van der Waals surface area (Å²) < 4.78 is 47.9. The summed E-state index contributed by atoms with van der Waals surface area (Å²) in [6.07, 6.45) is 11.6. The van der Waals surface area contributed by atoms with Crippen LogP contribution < -0.4 is 4.74 Å². The third kappa shape index (κ3) is 9.70. The van der Waals surface area contributed by atoms with Crippen molar-refractivity contribution in [2.24, 2.45) is 0 Å². The number of aldehydes is 1. The van der Waals surface area contributed by atoms with Crippen LogP contribution in [-0.4, -0.2) is 80.3 Å². The summed E-state index contributed by atoms with van der Waals surface area (Å²) in [6.45, 7) is 20.5. The van der Waals surface area contributed by atoms with Crippen LogP contribution in [0.2, 0.25) is 54.4 Å². The van der Waals surface area contributed by atoms with Gasteiger partial charge in [-0.15, -0.1) is 12.3 Å². The minimum absolute atomic E-state index is 0.243. The zero-order chi connectivity index (χ0) is 41.1. The topological polar surface area (TPSA) is 81.7 Å². The molecular formula is C45H72O8Si3. The Morgan fingerprint density at radius 1 is 0.857 bits per heavy atom. The fourth-order valence-electron chi connectivity index (χ4n) is 9.06. The molecule has 1 saturated carbocycles. The van der Waals surface area contributed by atoms with Crippen molar-refractivity contribution in [3.8, 4) is 29.9 Å². The second-order valence-corrected chi connectivity index (χ2v) is 30.3. The summed E-state index contributed by atoms with van der Waals surface area (Å²) in [5.74, 6) is 10.2. The number of methoxy groups -OCH3 is 1. The number of hydrogen-bond donors (Lipinski definition) is 0. The molecule has 2 fully saturated rings. The van der Waals surface area contributed by atoms with E-state index in [1.54, 1.807) is 7.11 Å². The molecule has 1 spiro atoms. The Balaban J connectivity index is 1.97. The Morgan fingerprint density at radius 3 is 1.93 bits per heavy atom. The van der Waals surface area contributed by atoms with Crippen molar-refractivity contribution < 1.29 is 37.0 Å². The third-order valence-electron chi connectivity index (χ3n) is 13.7. The molecule has 56 heavy (non-hydrogen) atoms. The SMILES string of the molecule is C#CC[C@@]1(O[Si](CC)(CC)CC)C(C#C[C@@](C=O)(O[Si](CC)(CC)CC)[C@H]2COC3(CCCC3)O2)=C[C@@H](O[Si](CC)(CC)CC)[C@@H]1OCc1ccc(OC)cc1. The van der Waals surface area contributed by atoms with Gasteiger partial charge in [0.1, 0.15) is 23.6 Å². The second kappa shape index (κ2) is 20.3. The average molecular weight is 825 g/mol. The Hall–Kier alpha value is -2.04. The van der Waals surface area contributed by atoms with E-state index in [-0.39, 0.29) is 13.0 Å². The molecule has 0 radical (unpaired) electrons. The van der Waals surface area contributed by atoms with Crippen LogP contribution in [0.4, 0.5) is 0 Å². The molecular weight excluding hydrogens is 753 g/mol. The van der Waals surface area contributed by atoms with Crippen LogP contribution in [0.3, 0.4) is 0 Å². The van der Waals surface area contributed by atoms with E-state index in [9.17, 15) is 4.79 Å². The Kier molecular flexibility index (Phi) is 16.9. The molecule has 5 atom stereocenters.